The third-order valence-electron chi connectivity index (χ3n) is 3.28. The fourth-order valence-corrected chi connectivity index (χ4v) is 2.55. The highest BCUT2D eigenvalue weighted by Gasteiger charge is 2.16. The monoisotopic (exact) mass is 289 g/mol. The van der Waals surface area contributed by atoms with Gasteiger partial charge in [-0.05, 0) is 37.3 Å². The molecule has 0 unspecified atom stereocenters. The molecule has 1 aromatic heterocycles. The summed E-state index contributed by atoms with van der Waals surface area (Å²) in [7, 11) is 0. The molecule has 102 valence electrons. The Hall–Kier alpha value is -2.07. The smallest absolute Gasteiger partial charge is 0.151 e. The zero-order chi connectivity index (χ0) is 14.3. The van der Waals surface area contributed by atoms with Crippen molar-refractivity contribution in [2.45, 2.75) is 13.5 Å². The van der Waals surface area contributed by atoms with Crippen molar-refractivity contribution in [1.29, 1.82) is 0 Å². The van der Waals surface area contributed by atoms with E-state index in [-0.39, 0.29) is 5.82 Å². The summed E-state index contributed by atoms with van der Waals surface area (Å²) in [5.41, 5.74) is 8.22. The van der Waals surface area contributed by atoms with Crippen LogP contribution in [0.5, 0.6) is 0 Å². The van der Waals surface area contributed by atoms with Crippen LogP contribution in [0.1, 0.15) is 6.92 Å². The summed E-state index contributed by atoms with van der Waals surface area (Å²) in [6.07, 6.45) is 0. The van der Waals surface area contributed by atoms with Crippen LogP contribution in [-0.2, 0) is 6.54 Å². The first-order valence-corrected chi connectivity index (χ1v) is 6.69. The summed E-state index contributed by atoms with van der Waals surface area (Å²) in [6.45, 7) is 2.65. The van der Waals surface area contributed by atoms with Gasteiger partial charge in [-0.25, -0.2) is 9.37 Å². The molecule has 0 saturated heterocycles. The number of aryl methyl sites for hydroxylation is 1. The Kier molecular flexibility index (Phi) is 3.10. The molecule has 0 fully saturated rings. The molecule has 20 heavy (non-hydrogen) atoms. The summed E-state index contributed by atoms with van der Waals surface area (Å²) in [5.74, 6) is 0.292. The topological polar surface area (TPSA) is 43.8 Å². The molecule has 1 heterocycles. The van der Waals surface area contributed by atoms with E-state index in [0.29, 0.717) is 34.2 Å². The summed E-state index contributed by atoms with van der Waals surface area (Å²) < 4.78 is 15.8. The Morgan fingerprint density at radius 1 is 1.30 bits per heavy atom. The van der Waals surface area contributed by atoms with Crippen LogP contribution in [-0.4, -0.2) is 9.55 Å². The van der Waals surface area contributed by atoms with Crippen molar-refractivity contribution in [3.63, 3.8) is 0 Å². The second-order valence-electron chi connectivity index (χ2n) is 4.53. The maximum Gasteiger partial charge on any atom is 0.151 e. The van der Waals surface area contributed by atoms with E-state index in [2.05, 4.69) is 4.98 Å². The fraction of sp³-hybridized carbons (Fsp3) is 0.133. The summed E-state index contributed by atoms with van der Waals surface area (Å²) in [6, 6.07) is 10.1. The molecule has 3 nitrogen and oxygen atoms in total. The lowest BCUT2D eigenvalue weighted by atomic mass is 10.2. The third-order valence-corrected chi connectivity index (χ3v) is 3.61. The average molecular weight is 290 g/mol. The van der Waals surface area contributed by atoms with Crippen LogP contribution in [0.15, 0.2) is 36.4 Å². The number of halogens is 2. The second-order valence-corrected chi connectivity index (χ2v) is 4.93. The number of anilines is 1. The van der Waals surface area contributed by atoms with Gasteiger partial charge in [0.15, 0.2) is 5.82 Å². The zero-order valence-electron chi connectivity index (χ0n) is 10.9. The van der Waals surface area contributed by atoms with Crippen LogP contribution >= 0.6 is 11.6 Å². The van der Waals surface area contributed by atoms with Gasteiger partial charge in [-0.3, -0.25) is 0 Å². The predicted molar refractivity (Wildman–Crippen MR) is 80.2 cm³/mol. The molecule has 0 aliphatic heterocycles. The van der Waals surface area contributed by atoms with E-state index in [9.17, 15) is 4.39 Å². The van der Waals surface area contributed by atoms with E-state index in [0.717, 1.165) is 5.52 Å². The molecule has 0 radical (unpaired) electrons. The first kappa shape index (κ1) is 12.9. The van der Waals surface area contributed by atoms with Crippen LogP contribution in [0, 0.1) is 5.82 Å². The van der Waals surface area contributed by atoms with Gasteiger partial charge in [0.1, 0.15) is 11.3 Å². The number of hydrogen-bond acceptors (Lipinski definition) is 2. The predicted octanol–water partition coefficient (Wildman–Crippen LogP) is 4.10. The Bertz CT molecular complexity index is 795. The van der Waals surface area contributed by atoms with E-state index >= 15 is 0 Å². The normalized spacial score (nSPS) is 11.2. The molecule has 0 saturated carbocycles. The third kappa shape index (κ3) is 1.93. The van der Waals surface area contributed by atoms with Gasteiger partial charge >= 0.3 is 0 Å². The molecule has 5 heteroatoms. The maximum absolute atomic E-state index is 13.9. The van der Waals surface area contributed by atoms with E-state index in [1.807, 2.05) is 17.6 Å². The Morgan fingerprint density at radius 3 is 2.85 bits per heavy atom. The van der Waals surface area contributed by atoms with E-state index in [1.165, 1.54) is 6.07 Å². The van der Waals surface area contributed by atoms with Gasteiger partial charge in [0, 0.05) is 17.8 Å². The van der Waals surface area contributed by atoms with E-state index in [4.69, 9.17) is 17.3 Å². The number of para-hydroxylation sites is 1. The summed E-state index contributed by atoms with van der Waals surface area (Å²) >= 11 is 6.22. The SMILES string of the molecule is CCn1c(-c2cc(N)ccc2Cl)nc2c(F)cccc21. The van der Waals surface area contributed by atoms with Crippen molar-refractivity contribution >= 4 is 28.3 Å². The molecule has 0 amide bonds. The van der Waals surface area contributed by atoms with Gasteiger partial charge in [0.05, 0.1) is 10.5 Å². The van der Waals surface area contributed by atoms with Gasteiger partial charge in [-0.1, -0.05) is 17.7 Å². The van der Waals surface area contributed by atoms with Crippen LogP contribution in [0.4, 0.5) is 10.1 Å². The molecule has 0 atom stereocenters. The van der Waals surface area contributed by atoms with Gasteiger partial charge in [0.25, 0.3) is 0 Å². The largest absolute Gasteiger partial charge is 0.399 e. The van der Waals surface area contributed by atoms with Crippen LogP contribution in [0.2, 0.25) is 5.02 Å². The van der Waals surface area contributed by atoms with E-state index in [1.54, 1.807) is 24.3 Å². The van der Waals surface area contributed by atoms with Gasteiger partial charge in [-0.15, -0.1) is 0 Å². The molecule has 0 aliphatic rings. The number of nitrogen functional groups attached to an aromatic ring is 1. The molecule has 2 N–H and O–H groups in total. The lowest BCUT2D eigenvalue weighted by Gasteiger charge is -2.08. The van der Waals surface area contributed by atoms with E-state index < -0.39 is 0 Å². The Labute approximate surface area is 120 Å². The van der Waals surface area contributed by atoms with Crippen LogP contribution in [0.3, 0.4) is 0 Å². The quantitative estimate of drug-likeness (QED) is 0.722. The highest BCUT2D eigenvalue weighted by molar-refractivity contribution is 6.33. The van der Waals surface area contributed by atoms with Crippen LogP contribution in [0.25, 0.3) is 22.4 Å². The Balaban J connectivity index is 2.36. The molecule has 3 aromatic rings. The lowest BCUT2D eigenvalue weighted by molar-refractivity contribution is 0.637. The summed E-state index contributed by atoms with van der Waals surface area (Å²) in [5, 5.41) is 0.546. The molecular formula is C15H13ClFN3. The first-order valence-electron chi connectivity index (χ1n) is 6.32. The molecule has 2 aromatic carbocycles. The average Bonchev–Trinajstić information content (AvgIpc) is 2.81. The number of benzene rings is 2. The summed E-state index contributed by atoms with van der Waals surface area (Å²) in [4.78, 5) is 4.40. The zero-order valence-corrected chi connectivity index (χ0v) is 11.7. The van der Waals surface area contributed by atoms with Crippen molar-refractivity contribution in [3.05, 3.63) is 47.2 Å². The first-order chi connectivity index (χ1) is 9.61. The number of nitrogens with two attached hydrogens (primary N) is 1. The lowest BCUT2D eigenvalue weighted by Crippen LogP contribution is -1.98. The van der Waals surface area contributed by atoms with Crippen molar-refractivity contribution in [1.82, 2.24) is 9.55 Å². The molecule has 0 aliphatic carbocycles. The minimum atomic E-state index is -0.337. The van der Waals surface area contributed by atoms with Gasteiger partial charge < -0.3 is 10.3 Å². The standard InChI is InChI=1S/C15H13ClFN3/c1-2-20-13-5-3-4-12(17)14(13)19-15(20)10-8-9(18)6-7-11(10)16/h3-8H,2,18H2,1H3. The minimum absolute atomic E-state index is 0.337. The Morgan fingerprint density at radius 2 is 2.10 bits per heavy atom. The number of nitrogens with zero attached hydrogens (tertiary/aromatic N) is 2. The number of aromatic nitrogens is 2. The molecule has 0 bridgehead atoms. The van der Waals surface area contributed by atoms with Crippen LogP contribution < -0.4 is 5.73 Å². The molecular weight excluding hydrogens is 277 g/mol. The van der Waals surface area contributed by atoms with Crippen molar-refractivity contribution in [3.8, 4) is 11.4 Å². The van der Waals surface area contributed by atoms with Gasteiger partial charge in [0.2, 0.25) is 0 Å². The number of fused-ring (bicyclic) bond motifs is 1. The highest BCUT2D eigenvalue weighted by Crippen LogP contribution is 2.32. The highest BCUT2D eigenvalue weighted by atomic mass is 35.5. The molecule has 0 spiro atoms. The van der Waals surface area contributed by atoms with Crippen molar-refractivity contribution < 1.29 is 4.39 Å². The maximum atomic E-state index is 13.9. The second kappa shape index (κ2) is 4.80. The number of rotatable bonds is 2. The van der Waals surface area contributed by atoms with Gasteiger partial charge in [-0.2, -0.15) is 0 Å². The molecule has 3 rings (SSSR count). The van der Waals surface area contributed by atoms with Crippen molar-refractivity contribution in [2.24, 2.45) is 0 Å². The number of imidazole rings is 1. The number of hydrogen-bond donors (Lipinski definition) is 1. The van der Waals surface area contributed by atoms with Crippen molar-refractivity contribution in [2.75, 3.05) is 5.73 Å². The fourth-order valence-electron chi connectivity index (χ4n) is 2.35. The minimum Gasteiger partial charge on any atom is -0.399 e.